The molecule has 2 bridgehead atoms. The number of aromatic nitrogens is 2. The average molecular weight is 496 g/mol. The summed E-state index contributed by atoms with van der Waals surface area (Å²) in [6.45, 7) is 2.87. The number of hydrogen-bond acceptors (Lipinski definition) is 2. The van der Waals surface area contributed by atoms with E-state index in [0.29, 0.717) is 12.5 Å². The van der Waals surface area contributed by atoms with Crippen LogP contribution in [0.25, 0.3) is 6.08 Å². The first-order valence-electron chi connectivity index (χ1n) is 14.1. The van der Waals surface area contributed by atoms with Gasteiger partial charge in [0, 0.05) is 37.8 Å². The Morgan fingerprint density at radius 1 is 0.973 bits per heavy atom. The fourth-order valence-corrected chi connectivity index (χ4v) is 5.79. The second-order valence-corrected chi connectivity index (χ2v) is 10.6. The van der Waals surface area contributed by atoms with Gasteiger partial charge in [0.05, 0.1) is 11.4 Å². The SMILES string of the molecule is CCC1CCCCCCCCc2cc1c(C=C1N=C(c3cccn3C)C=C1OCc1ccccc1)n2C. The van der Waals surface area contributed by atoms with Crippen LogP contribution in [0.1, 0.15) is 92.4 Å². The number of hydrogen-bond donors (Lipinski definition) is 0. The fourth-order valence-electron chi connectivity index (χ4n) is 5.79. The molecule has 0 fully saturated rings. The summed E-state index contributed by atoms with van der Waals surface area (Å²) < 4.78 is 11.0. The van der Waals surface area contributed by atoms with E-state index in [0.717, 1.165) is 34.8 Å². The zero-order chi connectivity index (χ0) is 25.6. The molecule has 5 rings (SSSR count). The van der Waals surface area contributed by atoms with Crippen LogP contribution < -0.4 is 0 Å². The van der Waals surface area contributed by atoms with E-state index < -0.39 is 0 Å². The van der Waals surface area contributed by atoms with Gasteiger partial charge in [-0.15, -0.1) is 0 Å². The topological polar surface area (TPSA) is 31.4 Å². The lowest BCUT2D eigenvalue weighted by Gasteiger charge is -2.16. The summed E-state index contributed by atoms with van der Waals surface area (Å²) in [5.41, 5.74) is 8.35. The van der Waals surface area contributed by atoms with Gasteiger partial charge in [-0.3, -0.25) is 0 Å². The van der Waals surface area contributed by atoms with Crippen molar-refractivity contribution in [1.82, 2.24) is 9.13 Å². The third-order valence-electron chi connectivity index (χ3n) is 8.06. The van der Waals surface area contributed by atoms with E-state index in [2.05, 4.69) is 91.0 Å². The molecule has 2 aromatic heterocycles. The smallest absolute Gasteiger partial charge is 0.147 e. The highest BCUT2D eigenvalue weighted by Gasteiger charge is 2.23. The lowest BCUT2D eigenvalue weighted by atomic mass is 9.89. The number of rotatable bonds is 6. The summed E-state index contributed by atoms with van der Waals surface area (Å²) in [6.07, 6.45) is 18.1. The van der Waals surface area contributed by atoms with E-state index in [9.17, 15) is 0 Å². The Bertz CT molecular complexity index is 1290. The van der Waals surface area contributed by atoms with Crippen molar-refractivity contribution in [3.8, 4) is 0 Å². The molecule has 1 unspecified atom stereocenters. The van der Waals surface area contributed by atoms with Crippen LogP contribution in [0, 0.1) is 0 Å². The maximum atomic E-state index is 6.41. The van der Waals surface area contributed by atoms with Crippen molar-refractivity contribution in [3.05, 3.63) is 100 Å². The molecule has 1 aromatic carbocycles. The number of ether oxygens (including phenoxy) is 1. The molecule has 0 saturated carbocycles. The normalized spacial score (nSPS) is 19.8. The highest BCUT2D eigenvalue weighted by Crippen LogP contribution is 2.35. The van der Waals surface area contributed by atoms with Crippen LogP contribution in [-0.2, 0) is 31.9 Å². The van der Waals surface area contributed by atoms with Crippen molar-refractivity contribution in [2.75, 3.05) is 0 Å². The van der Waals surface area contributed by atoms with Crippen LogP contribution in [0.2, 0.25) is 0 Å². The highest BCUT2D eigenvalue weighted by molar-refractivity contribution is 6.11. The third kappa shape index (κ3) is 5.84. The molecule has 0 spiro atoms. The monoisotopic (exact) mass is 495 g/mol. The summed E-state index contributed by atoms with van der Waals surface area (Å²) in [5.74, 6) is 1.43. The van der Waals surface area contributed by atoms with Gasteiger partial charge >= 0.3 is 0 Å². The Morgan fingerprint density at radius 3 is 2.51 bits per heavy atom. The first-order valence-corrected chi connectivity index (χ1v) is 14.1. The zero-order valence-electron chi connectivity index (χ0n) is 22.7. The maximum Gasteiger partial charge on any atom is 0.147 e. The fraction of sp³-hybridized carbons (Fsp3) is 0.424. The minimum absolute atomic E-state index is 0.531. The molecule has 1 atom stereocenters. The molecule has 1 aliphatic carbocycles. The second kappa shape index (κ2) is 11.9. The van der Waals surface area contributed by atoms with E-state index in [1.807, 2.05) is 6.07 Å². The Balaban J connectivity index is 1.53. The molecule has 0 N–H and O–H groups in total. The molecule has 0 radical (unpaired) electrons. The molecule has 1 aliphatic heterocycles. The molecule has 2 aliphatic rings. The Morgan fingerprint density at radius 2 is 1.76 bits per heavy atom. The van der Waals surface area contributed by atoms with Gasteiger partial charge in [-0.2, -0.15) is 0 Å². The summed E-state index contributed by atoms with van der Waals surface area (Å²) in [7, 11) is 4.31. The molecule has 3 aromatic rings. The third-order valence-corrected chi connectivity index (χ3v) is 8.06. The van der Waals surface area contributed by atoms with Crippen molar-refractivity contribution >= 4 is 11.8 Å². The van der Waals surface area contributed by atoms with Crippen LogP contribution in [0.3, 0.4) is 0 Å². The van der Waals surface area contributed by atoms with Gasteiger partial charge in [0.1, 0.15) is 18.1 Å². The van der Waals surface area contributed by atoms with Crippen LogP contribution in [0.5, 0.6) is 0 Å². The van der Waals surface area contributed by atoms with Gasteiger partial charge in [0.2, 0.25) is 0 Å². The van der Waals surface area contributed by atoms with Gasteiger partial charge in [-0.1, -0.05) is 69.4 Å². The summed E-state index contributed by atoms with van der Waals surface area (Å²) in [4.78, 5) is 5.12. The number of nitrogens with zero attached hydrogens (tertiary/aromatic N) is 3. The van der Waals surface area contributed by atoms with Crippen molar-refractivity contribution in [3.63, 3.8) is 0 Å². The number of allylic oxidation sites excluding steroid dienone is 1. The van der Waals surface area contributed by atoms with E-state index in [-0.39, 0.29) is 0 Å². The largest absolute Gasteiger partial charge is 0.487 e. The van der Waals surface area contributed by atoms with Gasteiger partial charge in [-0.25, -0.2) is 4.99 Å². The van der Waals surface area contributed by atoms with Crippen molar-refractivity contribution in [1.29, 1.82) is 0 Å². The van der Waals surface area contributed by atoms with Gasteiger partial charge in [0.25, 0.3) is 0 Å². The average Bonchev–Trinajstić information content (AvgIpc) is 3.60. The second-order valence-electron chi connectivity index (χ2n) is 10.6. The summed E-state index contributed by atoms with van der Waals surface area (Å²) >= 11 is 0. The highest BCUT2D eigenvalue weighted by atomic mass is 16.5. The van der Waals surface area contributed by atoms with Crippen LogP contribution >= 0.6 is 0 Å². The quantitative estimate of drug-likeness (QED) is 0.340. The van der Waals surface area contributed by atoms with Crippen molar-refractivity contribution in [2.45, 2.75) is 77.2 Å². The predicted octanol–water partition coefficient (Wildman–Crippen LogP) is 8.09. The van der Waals surface area contributed by atoms with Crippen molar-refractivity contribution in [2.24, 2.45) is 19.1 Å². The van der Waals surface area contributed by atoms with Crippen LogP contribution in [-0.4, -0.2) is 14.8 Å². The number of aliphatic imine (C=N–C) groups is 1. The lowest BCUT2D eigenvalue weighted by molar-refractivity contribution is 0.208. The van der Waals surface area contributed by atoms with E-state index in [1.165, 1.54) is 68.3 Å². The van der Waals surface area contributed by atoms with E-state index in [1.54, 1.807) is 0 Å². The Labute approximate surface area is 222 Å². The number of benzene rings is 1. The first kappa shape index (κ1) is 25.4. The van der Waals surface area contributed by atoms with E-state index >= 15 is 0 Å². The molecule has 37 heavy (non-hydrogen) atoms. The molecule has 194 valence electrons. The van der Waals surface area contributed by atoms with Crippen molar-refractivity contribution < 1.29 is 4.74 Å². The van der Waals surface area contributed by atoms with Gasteiger partial charge in [0.15, 0.2) is 0 Å². The van der Waals surface area contributed by atoms with E-state index in [4.69, 9.17) is 9.73 Å². The van der Waals surface area contributed by atoms with Crippen LogP contribution in [0.4, 0.5) is 0 Å². The summed E-state index contributed by atoms with van der Waals surface area (Å²) in [6, 6.07) is 17.1. The number of aryl methyl sites for hydroxylation is 2. The summed E-state index contributed by atoms with van der Waals surface area (Å²) in [5, 5.41) is 0. The van der Waals surface area contributed by atoms with Crippen LogP contribution in [0.15, 0.2) is 77.3 Å². The Kier molecular flexibility index (Phi) is 8.13. The maximum absolute atomic E-state index is 6.41. The minimum atomic E-state index is 0.531. The predicted molar refractivity (Wildman–Crippen MR) is 154 cm³/mol. The molecular formula is C33H41N3O. The molecule has 0 amide bonds. The molecule has 4 heteroatoms. The molecule has 3 heterocycles. The molecule has 4 nitrogen and oxygen atoms in total. The lowest BCUT2D eigenvalue weighted by Crippen LogP contribution is -2.03. The molecular weight excluding hydrogens is 454 g/mol. The van der Waals surface area contributed by atoms with Gasteiger partial charge in [-0.05, 0) is 67.0 Å². The standard InChI is InChI=1S/C33H41N3O/c1-4-26-17-12-7-5-6-8-13-18-27-21-28(26)32(36(27)3)22-30-33(37-24-25-15-10-9-11-16-25)23-29(34-30)31-19-14-20-35(31)2/h9-11,14-16,19-23,26H,4-8,12-13,17-18,24H2,1-3H3. The number of fused-ring (bicyclic) bond motifs is 2. The molecule has 0 saturated heterocycles. The Hall–Kier alpha value is -3.27. The minimum Gasteiger partial charge on any atom is -0.487 e. The first-order chi connectivity index (χ1) is 18.1. The zero-order valence-corrected chi connectivity index (χ0v) is 22.7. The van der Waals surface area contributed by atoms with Gasteiger partial charge < -0.3 is 13.9 Å².